The molecule has 0 N–H and O–H groups in total. The number of carbonyl (C=O) groups excluding carboxylic acids is 2. The normalized spacial score (nSPS) is 14.9. The first-order valence-electron chi connectivity index (χ1n) is 9.93. The zero-order chi connectivity index (χ0) is 20.5. The van der Waals surface area contributed by atoms with Gasteiger partial charge in [0.2, 0.25) is 5.96 Å². The molecule has 0 unspecified atom stereocenters. The second kappa shape index (κ2) is 7.59. The Kier molecular flexibility index (Phi) is 4.97. The summed E-state index contributed by atoms with van der Waals surface area (Å²) in [5.41, 5.74) is 5.04. The molecule has 4 rings (SSSR count). The molecule has 0 spiro atoms. The van der Waals surface area contributed by atoms with E-state index in [1.807, 2.05) is 48.5 Å². The van der Waals surface area contributed by atoms with Crippen LogP contribution in [0.15, 0.2) is 64.2 Å². The summed E-state index contributed by atoms with van der Waals surface area (Å²) in [4.78, 5) is 36.7. The van der Waals surface area contributed by atoms with Crippen LogP contribution < -0.4 is 0 Å². The maximum atomic E-state index is 13.4. The topological polar surface area (TPSA) is 62.1 Å². The third kappa shape index (κ3) is 3.33. The average Bonchev–Trinajstić information content (AvgIpc) is 3.14. The van der Waals surface area contributed by atoms with E-state index in [-0.39, 0.29) is 11.6 Å². The standard InChI is InChI=1S/C24H23N3O2/c1-4-27(5-2)24-25-21-18-11-6-7-12-19(18)23(29)20(22(21)26-24)17-10-8-9-16(14-17)13-15(3)28/h6-12,14H,4-5,13H2,1-3H3. The number of carbonyl (C=O) groups is 2. The molecule has 29 heavy (non-hydrogen) atoms. The predicted octanol–water partition coefficient (Wildman–Crippen LogP) is 3.93. The summed E-state index contributed by atoms with van der Waals surface area (Å²) >= 11 is 0. The molecule has 2 aromatic rings. The molecule has 0 bridgehead atoms. The minimum atomic E-state index is -0.0564. The number of fused-ring (bicyclic) bond motifs is 3. The SMILES string of the molecule is CCN(CC)C1=NC2=C(c3cccc(CC(C)=O)c3)C(=O)c3ccccc3C2=N1. The quantitative estimate of drug-likeness (QED) is 0.784. The van der Waals surface area contributed by atoms with Crippen molar-refractivity contribution in [3.8, 4) is 0 Å². The van der Waals surface area contributed by atoms with Crippen LogP contribution in [0, 0.1) is 0 Å². The van der Waals surface area contributed by atoms with Crippen molar-refractivity contribution in [2.24, 2.45) is 9.98 Å². The Morgan fingerprint density at radius 3 is 2.38 bits per heavy atom. The number of hydrogen-bond acceptors (Lipinski definition) is 5. The van der Waals surface area contributed by atoms with E-state index in [9.17, 15) is 9.59 Å². The summed E-state index contributed by atoms with van der Waals surface area (Å²) in [7, 11) is 0. The third-order valence-electron chi connectivity index (χ3n) is 5.25. The van der Waals surface area contributed by atoms with Crippen LogP contribution in [0.5, 0.6) is 0 Å². The number of aliphatic imine (C=N–C) groups is 2. The Bertz CT molecular complexity index is 1100. The van der Waals surface area contributed by atoms with Gasteiger partial charge in [0.05, 0.1) is 5.57 Å². The van der Waals surface area contributed by atoms with Gasteiger partial charge >= 0.3 is 0 Å². The number of benzene rings is 2. The molecule has 2 aliphatic rings. The summed E-state index contributed by atoms with van der Waals surface area (Å²) in [6.45, 7) is 7.28. The number of Topliss-reactive ketones (excluding diaryl/α,β-unsaturated/α-hetero) is 2. The summed E-state index contributed by atoms with van der Waals surface area (Å²) in [6.07, 6.45) is 0.343. The molecule has 5 heteroatoms. The average molecular weight is 385 g/mol. The maximum Gasteiger partial charge on any atom is 0.226 e. The van der Waals surface area contributed by atoms with Gasteiger partial charge in [0, 0.05) is 30.6 Å². The lowest BCUT2D eigenvalue weighted by Gasteiger charge is -2.19. The van der Waals surface area contributed by atoms with E-state index < -0.39 is 0 Å². The van der Waals surface area contributed by atoms with Crippen LogP contribution in [0.25, 0.3) is 5.57 Å². The van der Waals surface area contributed by atoms with E-state index in [0.29, 0.717) is 29.2 Å². The number of guanidine groups is 1. The molecule has 0 amide bonds. The molecule has 2 aromatic carbocycles. The van der Waals surface area contributed by atoms with Crippen LogP contribution in [0.2, 0.25) is 0 Å². The largest absolute Gasteiger partial charge is 0.341 e. The van der Waals surface area contributed by atoms with Gasteiger partial charge in [0.25, 0.3) is 0 Å². The van der Waals surface area contributed by atoms with E-state index in [4.69, 9.17) is 9.98 Å². The highest BCUT2D eigenvalue weighted by Crippen LogP contribution is 2.36. The van der Waals surface area contributed by atoms with Crippen LogP contribution in [-0.2, 0) is 11.2 Å². The number of rotatable bonds is 5. The fourth-order valence-electron chi connectivity index (χ4n) is 3.86. The van der Waals surface area contributed by atoms with E-state index in [1.54, 1.807) is 6.92 Å². The zero-order valence-corrected chi connectivity index (χ0v) is 16.9. The van der Waals surface area contributed by atoms with Crippen molar-refractivity contribution in [1.29, 1.82) is 0 Å². The molecule has 0 radical (unpaired) electrons. The Labute approximate surface area is 170 Å². The first-order chi connectivity index (χ1) is 14.0. The van der Waals surface area contributed by atoms with Crippen molar-refractivity contribution in [1.82, 2.24) is 4.90 Å². The minimum Gasteiger partial charge on any atom is -0.341 e. The van der Waals surface area contributed by atoms with Gasteiger partial charge in [-0.3, -0.25) is 9.59 Å². The predicted molar refractivity (Wildman–Crippen MR) is 115 cm³/mol. The molecule has 0 aromatic heterocycles. The molecule has 5 nitrogen and oxygen atoms in total. The van der Waals surface area contributed by atoms with Crippen LogP contribution in [-0.4, -0.2) is 41.2 Å². The van der Waals surface area contributed by atoms with Crippen molar-refractivity contribution >= 4 is 28.8 Å². The van der Waals surface area contributed by atoms with E-state index in [0.717, 1.165) is 35.5 Å². The Hall–Kier alpha value is -3.34. The van der Waals surface area contributed by atoms with Gasteiger partial charge in [0.15, 0.2) is 5.78 Å². The maximum absolute atomic E-state index is 13.4. The number of allylic oxidation sites excluding steroid dienone is 2. The van der Waals surface area contributed by atoms with Crippen molar-refractivity contribution in [2.45, 2.75) is 27.2 Å². The number of ketones is 2. The Balaban J connectivity index is 1.92. The third-order valence-corrected chi connectivity index (χ3v) is 5.25. The van der Waals surface area contributed by atoms with Crippen molar-refractivity contribution in [2.75, 3.05) is 13.1 Å². The monoisotopic (exact) mass is 385 g/mol. The van der Waals surface area contributed by atoms with Gasteiger partial charge in [-0.15, -0.1) is 0 Å². The molecule has 1 aliphatic heterocycles. The fourth-order valence-corrected chi connectivity index (χ4v) is 3.86. The summed E-state index contributed by atoms with van der Waals surface area (Å²) in [6, 6.07) is 15.2. The van der Waals surface area contributed by atoms with Gasteiger partial charge in [0.1, 0.15) is 17.2 Å². The van der Waals surface area contributed by atoms with Gasteiger partial charge < -0.3 is 4.90 Å². The molecule has 146 valence electrons. The summed E-state index contributed by atoms with van der Waals surface area (Å²) in [5, 5.41) is 0. The van der Waals surface area contributed by atoms with Gasteiger partial charge in [-0.05, 0) is 31.9 Å². The highest BCUT2D eigenvalue weighted by Gasteiger charge is 2.35. The first kappa shape index (κ1) is 19.0. The van der Waals surface area contributed by atoms with Crippen LogP contribution in [0.3, 0.4) is 0 Å². The molecular formula is C24H23N3O2. The van der Waals surface area contributed by atoms with Crippen LogP contribution in [0.1, 0.15) is 47.8 Å². The highest BCUT2D eigenvalue weighted by molar-refractivity contribution is 6.43. The lowest BCUT2D eigenvalue weighted by Crippen LogP contribution is -2.28. The molecule has 0 fully saturated rings. The van der Waals surface area contributed by atoms with Crippen LogP contribution >= 0.6 is 0 Å². The van der Waals surface area contributed by atoms with Crippen molar-refractivity contribution in [3.05, 3.63) is 76.5 Å². The summed E-state index contributed by atoms with van der Waals surface area (Å²) in [5.74, 6) is 0.672. The lowest BCUT2D eigenvalue weighted by molar-refractivity contribution is -0.116. The van der Waals surface area contributed by atoms with E-state index >= 15 is 0 Å². The minimum absolute atomic E-state index is 0.0564. The van der Waals surface area contributed by atoms with Crippen molar-refractivity contribution < 1.29 is 9.59 Å². The molecule has 1 aliphatic carbocycles. The lowest BCUT2D eigenvalue weighted by atomic mass is 9.83. The smallest absolute Gasteiger partial charge is 0.226 e. The Morgan fingerprint density at radius 1 is 0.966 bits per heavy atom. The van der Waals surface area contributed by atoms with Crippen LogP contribution in [0.4, 0.5) is 0 Å². The molecular weight excluding hydrogens is 362 g/mol. The summed E-state index contributed by atoms with van der Waals surface area (Å²) < 4.78 is 0. The fraction of sp³-hybridized carbons (Fsp3) is 0.250. The Morgan fingerprint density at radius 2 is 1.69 bits per heavy atom. The van der Waals surface area contributed by atoms with E-state index in [2.05, 4.69) is 18.7 Å². The zero-order valence-electron chi connectivity index (χ0n) is 16.9. The molecule has 1 heterocycles. The van der Waals surface area contributed by atoms with Crippen molar-refractivity contribution in [3.63, 3.8) is 0 Å². The molecule has 0 atom stereocenters. The number of nitrogens with zero attached hydrogens (tertiary/aromatic N) is 3. The second-order valence-corrected chi connectivity index (χ2v) is 7.22. The van der Waals surface area contributed by atoms with Gasteiger partial charge in [-0.1, -0.05) is 48.5 Å². The number of hydrogen-bond donors (Lipinski definition) is 0. The first-order valence-corrected chi connectivity index (χ1v) is 9.93. The highest BCUT2D eigenvalue weighted by atomic mass is 16.1. The van der Waals surface area contributed by atoms with Gasteiger partial charge in [-0.25, -0.2) is 9.98 Å². The van der Waals surface area contributed by atoms with E-state index in [1.165, 1.54) is 0 Å². The molecule has 0 saturated heterocycles. The second-order valence-electron chi connectivity index (χ2n) is 7.22. The van der Waals surface area contributed by atoms with Gasteiger partial charge in [-0.2, -0.15) is 0 Å². The molecule has 0 saturated carbocycles.